The quantitative estimate of drug-likeness (QED) is 0.512. The maximum atomic E-state index is 12.5. The van der Waals surface area contributed by atoms with E-state index >= 15 is 0 Å². The van der Waals surface area contributed by atoms with E-state index in [4.69, 9.17) is 5.26 Å². The van der Waals surface area contributed by atoms with Gasteiger partial charge in [-0.2, -0.15) is 10.4 Å². The third kappa shape index (κ3) is 6.16. The Kier molecular flexibility index (Phi) is 7.47. The van der Waals surface area contributed by atoms with Crippen molar-refractivity contribution in [2.45, 2.75) is 6.42 Å². The Morgan fingerprint density at radius 1 is 1.11 bits per heavy atom. The maximum absolute atomic E-state index is 12.5. The number of rotatable bonds is 7. The maximum Gasteiger partial charge on any atom is 0.411 e. The Bertz CT molecular complexity index is 1460. The van der Waals surface area contributed by atoms with Gasteiger partial charge in [0.1, 0.15) is 5.69 Å². The summed E-state index contributed by atoms with van der Waals surface area (Å²) in [5, 5.41) is 23.4. The summed E-state index contributed by atoms with van der Waals surface area (Å²) in [4.78, 5) is 27.6. The molecule has 1 fully saturated rings. The fraction of sp³-hybridized carbons (Fsp3) is 0.280. The van der Waals surface area contributed by atoms with E-state index in [1.807, 2.05) is 4.90 Å². The molecule has 0 radical (unpaired) electrons. The molecule has 0 saturated carbocycles. The second-order valence-electron chi connectivity index (χ2n) is 8.51. The fourth-order valence-corrected chi connectivity index (χ4v) is 5.29. The minimum atomic E-state index is -3.01. The van der Waals surface area contributed by atoms with Gasteiger partial charge in [-0.15, -0.1) is 0 Å². The molecule has 1 saturated heterocycles. The first-order valence-electron chi connectivity index (χ1n) is 11.4. The van der Waals surface area contributed by atoms with E-state index in [0.717, 1.165) is 5.56 Å². The Morgan fingerprint density at radius 2 is 1.86 bits per heavy atom. The third-order valence-electron chi connectivity index (χ3n) is 6.02. The minimum Gasteiger partial charge on any atom is -0.465 e. The zero-order valence-corrected chi connectivity index (χ0v) is 20.3. The van der Waals surface area contributed by atoms with Gasteiger partial charge < -0.3 is 5.11 Å². The van der Waals surface area contributed by atoms with Gasteiger partial charge >= 0.3 is 6.09 Å². The van der Waals surface area contributed by atoms with Crippen LogP contribution in [0, 0.1) is 11.3 Å². The molecule has 1 aliphatic rings. The predicted octanol–water partition coefficient (Wildman–Crippen LogP) is 1.91. The first kappa shape index (κ1) is 25.1. The van der Waals surface area contributed by atoms with Crippen LogP contribution in [0.25, 0.3) is 5.69 Å². The van der Waals surface area contributed by atoms with Gasteiger partial charge in [-0.05, 0) is 35.9 Å². The highest BCUT2D eigenvalue weighted by Gasteiger charge is 2.23. The van der Waals surface area contributed by atoms with E-state index in [1.54, 1.807) is 48.5 Å². The molecule has 0 atom stereocenters. The number of aromatic nitrogens is 2. The number of sulfone groups is 1. The van der Waals surface area contributed by atoms with E-state index < -0.39 is 15.9 Å². The molecule has 186 valence electrons. The zero-order valence-electron chi connectivity index (χ0n) is 19.4. The van der Waals surface area contributed by atoms with Gasteiger partial charge in [0.2, 0.25) is 5.43 Å². The van der Waals surface area contributed by atoms with Crippen molar-refractivity contribution in [1.29, 1.82) is 5.26 Å². The lowest BCUT2D eigenvalue weighted by atomic mass is 10.1. The van der Waals surface area contributed by atoms with Crippen LogP contribution < -0.4 is 10.3 Å². The SMILES string of the molecule is N#Cc1cccc(-n2ccc(=O)c(Cc3cccc(N(CCN4CCS(=O)(=O)CC4)C(=O)O)c3)n2)c1. The van der Waals surface area contributed by atoms with Crippen molar-refractivity contribution >= 4 is 21.6 Å². The molecular weight excluding hydrogens is 482 g/mol. The van der Waals surface area contributed by atoms with E-state index in [1.165, 1.54) is 21.8 Å². The van der Waals surface area contributed by atoms with Crippen LogP contribution in [0.3, 0.4) is 0 Å². The first-order chi connectivity index (χ1) is 17.2. The molecule has 1 N–H and O–H groups in total. The van der Waals surface area contributed by atoms with Crippen LogP contribution in [-0.2, 0) is 16.3 Å². The molecule has 0 unspecified atom stereocenters. The fourth-order valence-electron chi connectivity index (χ4n) is 4.01. The Hall–Kier alpha value is -4.01. The first-order valence-corrected chi connectivity index (χ1v) is 13.2. The van der Waals surface area contributed by atoms with Crippen molar-refractivity contribution in [1.82, 2.24) is 14.7 Å². The number of benzene rings is 2. The van der Waals surface area contributed by atoms with Crippen molar-refractivity contribution in [3.05, 3.63) is 87.8 Å². The summed E-state index contributed by atoms with van der Waals surface area (Å²) in [6, 6.07) is 17.3. The normalized spacial score (nSPS) is 15.2. The highest BCUT2D eigenvalue weighted by Crippen LogP contribution is 2.19. The summed E-state index contributed by atoms with van der Waals surface area (Å²) in [6.45, 7) is 1.38. The minimum absolute atomic E-state index is 0.0813. The standard InChI is InChI=1S/C25H25N5O5S/c26-18-20-4-2-6-22(16-20)30-8-7-24(31)23(27-30)17-19-3-1-5-21(15-19)29(25(32)33)10-9-28-11-13-36(34,35)14-12-28/h1-8,15-16H,9-14,17H2,(H,32,33). The molecule has 1 aliphatic heterocycles. The van der Waals surface area contributed by atoms with Crippen LogP contribution in [0.1, 0.15) is 16.8 Å². The number of carboxylic acid groups (broad SMARTS) is 1. The number of carbonyl (C=O) groups is 1. The van der Waals surface area contributed by atoms with Crippen molar-refractivity contribution in [2.24, 2.45) is 0 Å². The molecule has 3 aromatic rings. The summed E-state index contributed by atoms with van der Waals surface area (Å²) < 4.78 is 24.8. The molecule has 11 heteroatoms. The highest BCUT2D eigenvalue weighted by molar-refractivity contribution is 7.91. The predicted molar refractivity (Wildman–Crippen MR) is 134 cm³/mol. The number of nitriles is 1. The summed E-state index contributed by atoms with van der Waals surface area (Å²) in [5.74, 6) is 0.163. The van der Waals surface area contributed by atoms with E-state index in [0.29, 0.717) is 36.6 Å². The Balaban J connectivity index is 1.51. The molecular formula is C25H25N5O5S. The lowest BCUT2D eigenvalue weighted by Crippen LogP contribution is -2.45. The van der Waals surface area contributed by atoms with Crippen molar-refractivity contribution in [2.75, 3.05) is 42.6 Å². The van der Waals surface area contributed by atoms with Crippen molar-refractivity contribution in [3.8, 4) is 11.8 Å². The van der Waals surface area contributed by atoms with E-state index in [-0.39, 0.29) is 35.6 Å². The molecule has 2 aromatic carbocycles. The molecule has 0 aliphatic carbocycles. The largest absolute Gasteiger partial charge is 0.465 e. The molecule has 1 amide bonds. The monoisotopic (exact) mass is 507 g/mol. The number of anilines is 1. The second-order valence-corrected chi connectivity index (χ2v) is 10.8. The highest BCUT2D eigenvalue weighted by atomic mass is 32.2. The summed E-state index contributed by atoms with van der Waals surface area (Å²) in [6.07, 6.45) is 0.619. The van der Waals surface area contributed by atoms with E-state index in [9.17, 15) is 23.1 Å². The van der Waals surface area contributed by atoms with Crippen LogP contribution in [0.5, 0.6) is 0 Å². The molecule has 1 aromatic heterocycles. The van der Waals surface area contributed by atoms with Crippen molar-refractivity contribution < 1.29 is 18.3 Å². The topological polar surface area (TPSA) is 137 Å². The van der Waals surface area contributed by atoms with Crippen LogP contribution >= 0.6 is 0 Å². The summed E-state index contributed by atoms with van der Waals surface area (Å²) >= 11 is 0. The molecule has 0 bridgehead atoms. The smallest absolute Gasteiger partial charge is 0.411 e. The molecule has 4 rings (SSSR count). The third-order valence-corrected chi connectivity index (χ3v) is 7.63. The number of hydrogen-bond acceptors (Lipinski definition) is 7. The number of hydrogen-bond donors (Lipinski definition) is 1. The van der Waals surface area contributed by atoms with Gasteiger partial charge in [-0.1, -0.05) is 18.2 Å². The van der Waals surface area contributed by atoms with Gasteiger partial charge in [0.15, 0.2) is 9.84 Å². The second kappa shape index (κ2) is 10.7. The molecule has 2 heterocycles. The lowest BCUT2D eigenvalue weighted by Gasteiger charge is -2.29. The lowest BCUT2D eigenvalue weighted by molar-refractivity contribution is 0.199. The summed E-state index contributed by atoms with van der Waals surface area (Å²) in [7, 11) is -3.01. The van der Waals surface area contributed by atoms with Crippen LogP contribution in [0.15, 0.2) is 65.6 Å². The molecule has 36 heavy (non-hydrogen) atoms. The van der Waals surface area contributed by atoms with Gasteiger partial charge in [0, 0.05) is 50.6 Å². The molecule has 0 spiro atoms. The van der Waals surface area contributed by atoms with Crippen LogP contribution in [0.4, 0.5) is 10.5 Å². The summed E-state index contributed by atoms with van der Waals surface area (Å²) in [5.41, 5.74) is 2.34. The van der Waals surface area contributed by atoms with Gasteiger partial charge in [0.25, 0.3) is 0 Å². The Labute approximate surface area is 208 Å². The van der Waals surface area contributed by atoms with E-state index in [2.05, 4.69) is 11.2 Å². The van der Waals surface area contributed by atoms with Gasteiger partial charge in [0.05, 0.1) is 28.8 Å². The van der Waals surface area contributed by atoms with Gasteiger partial charge in [-0.3, -0.25) is 14.6 Å². The van der Waals surface area contributed by atoms with Crippen LogP contribution in [-0.4, -0.2) is 72.0 Å². The Morgan fingerprint density at radius 3 is 2.58 bits per heavy atom. The number of amides is 1. The number of nitrogens with zero attached hydrogens (tertiary/aromatic N) is 5. The van der Waals surface area contributed by atoms with Crippen LogP contribution in [0.2, 0.25) is 0 Å². The average Bonchev–Trinajstić information content (AvgIpc) is 2.86. The molecule has 10 nitrogen and oxygen atoms in total. The average molecular weight is 508 g/mol. The van der Waals surface area contributed by atoms with Crippen molar-refractivity contribution in [3.63, 3.8) is 0 Å². The zero-order chi connectivity index (χ0) is 25.7. The van der Waals surface area contributed by atoms with Gasteiger partial charge in [-0.25, -0.2) is 17.9 Å².